The minimum absolute atomic E-state index is 0.271. The zero-order valence-corrected chi connectivity index (χ0v) is 14.2. The second kappa shape index (κ2) is 8.72. The van der Waals surface area contributed by atoms with Crippen molar-refractivity contribution in [2.24, 2.45) is 11.0 Å². The standard InChI is InChI=1S/C19H22N2O3/c1-14(2)13-24-17-8-6-16(7-9-17)19(22)21-20-12-15(3)11-18-5-4-10-23-18/h4-12,14H,13H2,1-3H3,(H,21,22)/b15-11+,20-12-. The number of rotatable bonds is 7. The van der Waals surface area contributed by atoms with Gasteiger partial charge in [0.1, 0.15) is 11.5 Å². The summed E-state index contributed by atoms with van der Waals surface area (Å²) in [5.74, 6) is 1.68. The first kappa shape index (κ1) is 17.5. The van der Waals surface area contributed by atoms with Crippen molar-refractivity contribution in [3.63, 3.8) is 0 Å². The van der Waals surface area contributed by atoms with Crippen LogP contribution in [0.3, 0.4) is 0 Å². The Morgan fingerprint density at radius 3 is 2.67 bits per heavy atom. The lowest BCUT2D eigenvalue weighted by Crippen LogP contribution is -2.17. The van der Waals surface area contributed by atoms with Gasteiger partial charge in [-0.25, -0.2) is 5.43 Å². The molecule has 24 heavy (non-hydrogen) atoms. The summed E-state index contributed by atoms with van der Waals surface area (Å²) in [7, 11) is 0. The normalized spacial score (nSPS) is 11.9. The molecule has 2 rings (SSSR count). The van der Waals surface area contributed by atoms with Crippen molar-refractivity contribution in [1.29, 1.82) is 0 Å². The number of benzene rings is 1. The van der Waals surface area contributed by atoms with Gasteiger partial charge in [-0.1, -0.05) is 13.8 Å². The zero-order chi connectivity index (χ0) is 17.4. The molecule has 0 aliphatic heterocycles. The van der Waals surface area contributed by atoms with Crippen molar-refractivity contribution in [2.45, 2.75) is 20.8 Å². The minimum Gasteiger partial charge on any atom is -0.493 e. The Labute approximate surface area is 142 Å². The first-order valence-corrected chi connectivity index (χ1v) is 7.82. The smallest absolute Gasteiger partial charge is 0.271 e. The van der Waals surface area contributed by atoms with Gasteiger partial charge in [0.05, 0.1) is 19.1 Å². The number of hydrogen-bond donors (Lipinski definition) is 1. The van der Waals surface area contributed by atoms with E-state index in [0.29, 0.717) is 18.1 Å². The highest BCUT2D eigenvalue weighted by atomic mass is 16.5. The highest BCUT2D eigenvalue weighted by molar-refractivity contribution is 5.95. The van der Waals surface area contributed by atoms with Gasteiger partial charge in [0.2, 0.25) is 0 Å². The van der Waals surface area contributed by atoms with Gasteiger partial charge in [-0.05, 0) is 60.9 Å². The van der Waals surface area contributed by atoms with Gasteiger partial charge in [0.15, 0.2) is 0 Å². The predicted molar refractivity (Wildman–Crippen MR) is 95.1 cm³/mol. The largest absolute Gasteiger partial charge is 0.493 e. The molecule has 1 N–H and O–H groups in total. The molecule has 0 unspecified atom stereocenters. The average Bonchev–Trinajstić information content (AvgIpc) is 3.06. The number of hydrogen-bond acceptors (Lipinski definition) is 4. The fraction of sp³-hybridized carbons (Fsp3) is 0.263. The molecule has 0 atom stereocenters. The summed E-state index contributed by atoms with van der Waals surface area (Å²) in [5, 5.41) is 3.94. The maximum atomic E-state index is 12.0. The van der Waals surface area contributed by atoms with E-state index in [4.69, 9.17) is 9.15 Å². The number of allylic oxidation sites excluding steroid dienone is 1. The molecule has 1 heterocycles. The summed E-state index contributed by atoms with van der Waals surface area (Å²) in [6, 6.07) is 10.6. The summed E-state index contributed by atoms with van der Waals surface area (Å²) in [6.45, 7) is 6.69. The first-order valence-electron chi connectivity index (χ1n) is 7.82. The van der Waals surface area contributed by atoms with E-state index in [1.807, 2.05) is 25.1 Å². The number of carbonyl (C=O) groups is 1. The van der Waals surface area contributed by atoms with Crippen molar-refractivity contribution in [3.05, 3.63) is 59.6 Å². The molecule has 5 heteroatoms. The Morgan fingerprint density at radius 2 is 2.04 bits per heavy atom. The molecule has 126 valence electrons. The SMILES string of the molecule is CC(/C=N\NC(=O)c1ccc(OCC(C)C)cc1)=C\c1ccco1. The van der Waals surface area contributed by atoms with Crippen LogP contribution in [0, 0.1) is 5.92 Å². The van der Waals surface area contributed by atoms with Gasteiger partial charge in [0, 0.05) is 5.56 Å². The van der Waals surface area contributed by atoms with Crippen LogP contribution < -0.4 is 10.2 Å². The van der Waals surface area contributed by atoms with Gasteiger partial charge < -0.3 is 9.15 Å². The summed E-state index contributed by atoms with van der Waals surface area (Å²) < 4.78 is 10.8. The lowest BCUT2D eigenvalue weighted by molar-refractivity contribution is 0.0955. The molecule has 5 nitrogen and oxygen atoms in total. The number of nitrogens with one attached hydrogen (secondary N) is 1. The summed E-state index contributed by atoms with van der Waals surface area (Å²) in [6.07, 6.45) is 5.00. The van der Waals surface area contributed by atoms with Crippen LogP contribution >= 0.6 is 0 Å². The van der Waals surface area contributed by atoms with Crippen LogP contribution in [0.1, 0.15) is 36.9 Å². The number of amides is 1. The average molecular weight is 326 g/mol. The van der Waals surface area contributed by atoms with Crippen LogP contribution in [0.5, 0.6) is 5.75 Å². The van der Waals surface area contributed by atoms with Gasteiger partial charge in [0.25, 0.3) is 5.91 Å². The van der Waals surface area contributed by atoms with Crippen LogP contribution in [0.15, 0.2) is 57.8 Å². The number of carbonyl (C=O) groups excluding carboxylic acids is 1. The summed E-state index contributed by atoms with van der Waals surface area (Å²) >= 11 is 0. The van der Waals surface area contributed by atoms with E-state index < -0.39 is 0 Å². The molecule has 0 aliphatic carbocycles. The van der Waals surface area contributed by atoms with Gasteiger partial charge in [-0.3, -0.25) is 4.79 Å². The van der Waals surface area contributed by atoms with E-state index in [0.717, 1.165) is 17.1 Å². The molecule has 0 radical (unpaired) electrons. The molecule has 0 bridgehead atoms. The highest BCUT2D eigenvalue weighted by Crippen LogP contribution is 2.13. The Hall–Kier alpha value is -2.82. The number of hydrazone groups is 1. The van der Waals surface area contributed by atoms with Crippen molar-refractivity contribution in [1.82, 2.24) is 5.43 Å². The molecule has 2 aromatic rings. The summed E-state index contributed by atoms with van der Waals surface area (Å²) in [4.78, 5) is 12.0. The van der Waals surface area contributed by atoms with E-state index in [9.17, 15) is 4.79 Å². The van der Waals surface area contributed by atoms with E-state index in [1.54, 1.807) is 36.7 Å². The maximum Gasteiger partial charge on any atom is 0.271 e. The van der Waals surface area contributed by atoms with E-state index in [1.165, 1.54) is 0 Å². The Bertz CT molecular complexity index is 699. The molecule has 0 saturated heterocycles. The molecule has 1 amide bonds. The molecule has 1 aromatic heterocycles. The van der Waals surface area contributed by atoms with E-state index in [-0.39, 0.29) is 5.91 Å². The molecule has 0 spiro atoms. The third-order valence-electron chi connectivity index (χ3n) is 3.05. The lowest BCUT2D eigenvalue weighted by atomic mass is 10.2. The molecule has 0 aliphatic rings. The lowest BCUT2D eigenvalue weighted by Gasteiger charge is -2.08. The fourth-order valence-electron chi connectivity index (χ4n) is 1.86. The molecular formula is C19H22N2O3. The third kappa shape index (κ3) is 5.76. The van der Waals surface area contributed by atoms with Crippen LogP contribution in [0.2, 0.25) is 0 Å². The van der Waals surface area contributed by atoms with Crippen molar-refractivity contribution >= 4 is 18.2 Å². The van der Waals surface area contributed by atoms with Crippen LogP contribution in [0.4, 0.5) is 0 Å². The summed E-state index contributed by atoms with van der Waals surface area (Å²) in [5.41, 5.74) is 3.89. The van der Waals surface area contributed by atoms with Gasteiger partial charge in [-0.15, -0.1) is 0 Å². The number of ether oxygens (including phenoxy) is 1. The van der Waals surface area contributed by atoms with Crippen molar-refractivity contribution in [2.75, 3.05) is 6.61 Å². The fourth-order valence-corrected chi connectivity index (χ4v) is 1.86. The Morgan fingerprint density at radius 1 is 1.29 bits per heavy atom. The minimum atomic E-state index is -0.271. The molecule has 0 saturated carbocycles. The van der Waals surface area contributed by atoms with Crippen LogP contribution in [0.25, 0.3) is 6.08 Å². The number of nitrogens with zero attached hydrogens (tertiary/aromatic N) is 1. The Balaban J connectivity index is 1.86. The molecular weight excluding hydrogens is 304 g/mol. The van der Waals surface area contributed by atoms with Crippen molar-refractivity contribution in [3.8, 4) is 5.75 Å². The first-order chi connectivity index (χ1) is 11.5. The molecule has 1 aromatic carbocycles. The van der Waals surface area contributed by atoms with Crippen LogP contribution in [-0.2, 0) is 0 Å². The maximum absolute atomic E-state index is 12.0. The monoisotopic (exact) mass is 326 g/mol. The second-order valence-corrected chi connectivity index (χ2v) is 5.83. The highest BCUT2D eigenvalue weighted by Gasteiger charge is 2.04. The topological polar surface area (TPSA) is 63.8 Å². The number of furan rings is 1. The second-order valence-electron chi connectivity index (χ2n) is 5.83. The van der Waals surface area contributed by atoms with Crippen molar-refractivity contribution < 1.29 is 13.9 Å². The zero-order valence-electron chi connectivity index (χ0n) is 14.2. The third-order valence-corrected chi connectivity index (χ3v) is 3.05. The van der Waals surface area contributed by atoms with E-state index in [2.05, 4.69) is 24.4 Å². The predicted octanol–water partition coefficient (Wildman–Crippen LogP) is 4.13. The Kier molecular flexibility index (Phi) is 6.37. The quantitative estimate of drug-likeness (QED) is 0.614. The van der Waals surface area contributed by atoms with Gasteiger partial charge >= 0.3 is 0 Å². The van der Waals surface area contributed by atoms with Crippen LogP contribution in [-0.4, -0.2) is 18.7 Å². The van der Waals surface area contributed by atoms with E-state index >= 15 is 0 Å². The molecule has 0 fully saturated rings. The van der Waals surface area contributed by atoms with Gasteiger partial charge in [-0.2, -0.15) is 5.10 Å².